The molecule has 0 aliphatic carbocycles. The lowest BCUT2D eigenvalue weighted by atomic mass is 10.2. The molecule has 0 saturated carbocycles. The first-order valence-electron chi connectivity index (χ1n) is 8.67. The highest BCUT2D eigenvalue weighted by atomic mass is 32.2. The van der Waals surface area contributed by atoms with Gasteiger partial charge in [0.25, 0.3) is 0 Å². The van der Waals surface area contributed by atoms with Gasteiger partial charge in [-0.1, -0.05) is 30.3 Å². The maximum atomic E-state index is 12.3. The number of rotatable bonds is 6. The number of para-hydroxylation sites is 2. The molecular weight excluding hydrogens is 368 g/mol. The largest absolute Gasteiger partial charge is 0.382 e. The van der Waals surface area contributed by atoms with Crippen molar-refractivity contribution >= 4 is 31.7 Å². The second kappa shape index (κ2) is 7.34. The van der Waals surface area contributed by atoms with Crippen molar-refractivity contribution < 1.29 is 12.6 Å². The zero-order valence-corrected chi connectivity index (χ0v) is 15.9. The molecule has 0 bridgehead atoms. The molecule has 1 fully saturated rings. The number of fused-ring (bicyclic) bond motifs is 1. The summed E-state index contributed by atoms with van der Waals surface area (Å²) in [7, 11) is -3.61. The summed E-state index contributed by atoms with van der Waals surface area (Å²) in [6.45, 7) is 1.34. The lowest BCUT2D eigenvalue weighted by Gasteiger charge is -2.22. The van der Waals surface area contributed by atoms with Crippen LogP contribution in [0.4, 0.5) is 0 Å². The number of benzene rings is 2. The van der Waals surface area contributed by atoms with Gasteiger partial charge in [0.1, 0.15) is 10.8 Å². The van der Waals surface area contributed by atoms with Crippen LogP contribution in [0.5, 0.6) is 5.75 Å². The predicted octanol–water partition coefficient (Wildman–Crippen LogP) is 3.84. The van der Waals surface area contributed by atoms with Crippen LogP contribution in [-0.2, 0) is 10.1 Å². The van der Waals surface area contributed by atoms with Gasteiger partial charge in [-0.15, -0.1) is 11.3 Å². The van der Waals surface area contributed by atoms with E-state index in [4.69, 9.17) is 9.17 Å². The van der Waals surface area contributed by atoms with Crippen LogP contribution in [0.15, 0.2) is 54.6 Å². The van der Waals surface area contributed by atoms with Crippen molar-refractivity contribution in [1.29, 1.82) is 0 Å². The van der Waals surface area contributed by atoms with Gasteiger partial charge in [0.05, 0.1) is 22.0 Å². The predicted molar refractivity (Wildman–Crippen MR) is 104 cm³/mol. The zero-order valence-electron chi connectivity index (χ0n) is 14.2. The third kappa shape index (κ3) is 3.90. The van der Waals surface area contributed by atoms with Crippen molar-refractivity contribution in [2.75, 3.05) is 18.8 Å². The van der Waals surface area contributed by atoms with Crippen molar-refractivity contribution in [2.45, 2.75) is 18.9 Å². The van der Waals surface area contributed by atoms with Gasteiger partial charge in [-0.2, -0.15) is 8.42 Å². The van der Waals surface area contributed by atoms with E-state index in [1.54, 1.807) is 35.6 Å². The van der Waals surface area contributed by atoms with Gasteiger partial charge >= 0.3 is 10.1 Å². The third-order valence-corrected chi connectivity index (χ3v) is 6.82. The van der Waals surface area contributed by atoms with Gasteiger partial charge in [-0.3, -0.25) is 4.90 Å². The first-order chi connectivity index (χ1) is 12.6. The molecule has 5 nitrogen and oxygen atoms in total. The number of hydrogen-bond donors (Lipinski definition) is 0. The average molecular weight is 389 g/mol. The monoisotopic (exact) mass is 388 g/mol. The van der Waals surface area contributed by atoms with Crippen LogP contribution in [0.1, 0.15) is 23.9 Å². The van der Waals surface area contributed by atoms with E-state index in [1.165, 1.54) is 4.70 Å². The zero-order chi connectivity index (χ0) is 18.0. The molecule has 1 aliphatic rings. The van der Waals surface area contributed by atoms with E-state index < -0.39 is 10.1 Å². The van der Waals surface area contributed by atoms with Crippen molar-refractivity contribution in [3.8, 4) is 5.75 Å². The van der Waals surface area contributed by atoms with Crippen LogP contribution in [-0.4, -0.2) is 37.1 Å². The molecular formula is C19H20N2O3S2. The van der Waals surface area contributed by atoms with E-state index in [2.05, 4.69) is 11.0 Å². The van der Waals surface area contributed by atoms with Gasteiger partial charge < -0.3 is 4.18 Å². The molecule has 1 aliphatic heterocycles. The summed E-state index contributed by atoms with van der Waals surface area (Å²) in [4.78, 5) is 6.97. The fourth-order valence-electron chi connectivity index (χ4n) is 3.30. The Morgan fingerprint density at radius 2 is 1.88 bits per heavy atom. The first-order valence-corrected chi connectivity index (χ1v) is 11.1. The number of hydrogen-bond acceptors (Lipinski definition) is 6. The van der Waals surface area contributed by atoms with Crippen LogP contribution in [0.2, 0.25) is 0 Å². The Morgan fingerprint density at radius 3 is 2.69 bits per heavy atom. The highest BCUT2D eigenvalue weighted by molar-refractivity contribution is 7.87. The topological polar surface area (TPSA) is 59.5 Å². The third-order valence-electron chi connectivity index (χ3n) is 4.55. The number of nitrogens with zero attached hydrogens (tertiary/aromatic N) is 2. The van der Waals surface area contributed by atoms with Gasteiger partial charge in [0.15, 0.2) is 0 Å². The summed E-state index contributed by atoms with van der Waals surface area (Å²) >= 11 is 1.70. The summed E-state index contributed by atoms with van der Waals surface area (Å²) in [6.07, 6.45) is 2.07. The minimum Gasteiger partial charge on any atom is -0.382 e. The molecule has 0 amide bonds. The molecule has 2 heterocycles. The average Bonchev–Trinajstić information content (AvgIpc) is 3.26. The van der Waals surface area contributed by atoms with E-state index in [-0.39, 0.29) is 11.8 Å². The Kier molecular flexibility index (Phi) is 4.93. The molecule has 2 aromatic carbocycles. The Balaban J connectivity index is 1.44. The number of aromatic nitrogens is 1. The summed E-state index contributed by atoms with van der Waals surface area (Å²) in [5.74, 6) is 0.333. The summed E-state index contributed by atoms with van der Waals surface area (Å²) < 4.78 is 30.9. The second-order valence-corrected chi connectivity index (χ2v) is 9.12. The normalized spacial score (nSPS) is 18.4. The molecule has 1 atom stereocenters. The Morgan fingerprint density at radius 1 is 1.12 bits per heavy atom. The van der Waals surface area contributed by atoms with Crippen molar-refractivity contribution in [3.63, 3.8) is 0 Å². The minimum atomic E-state index is -3.61. The van der Waals surface area contributed by atoms with E-state index in [0.717, 1.165) is 29.9 Å². The van der Waals surface area contributed by atoms with Gasteiger partial charge in [0.2, 0.25) is 0 Å². The summed E-state index contributed by atoms with van der Waals surface area (Å²) in [6, 6.07) is 16.9. The second-order valence-electron chi connectivity index (χ2n) is 6.37. The molecule has 1 aromatic heterocycles. The molecule has 0 radical (unpaired) electrons. The Hall–Kier alpha value is -1.96. The fourth-order valence-corrected chi connectivity index (χ4v) is 5.38. The smallest absolute Gasteiger partial charge is 0.310 e. The maximum Gasteiger partial charge on any atom is 0.310 e. The van der Waals surface area contributed by atoms with Gasteiger partial charge in [-0.25, -0.2) is 4.98 Å². The number of likely N-dealkylation sites (tertiary alicyclic amines) is 1. The molecule has 3 aromatic rings. The molecule has 136 valence electrons. The van der Waals surface area contributed by atoms with Crippen molar-refractivity contribution in [3.05, 3.63) is 59.6 Å². The van der Waals surface area contributed by atoms with Crippen LogP contribution < -0.4 is 4.18 Å². The van der Waals surface area contributed by atoms with E-state index in [1.807, 2.05) is 24.3 Å². The maximum absolute atomic E-state index is 12.3. The summed E-state index contributed by atoms with van der Waals surface area (Å²) in [5, 5.41) is 1.07. The molecule has 0 N–H and O–H groups in total. The lowest BCUT2D eigenvalue weighted by molar-refractivity contribution is 0.270. The highest BCUT2D eigenvalue weighted by Crippen LogP contribution is 2.36. The SMILES string of the molecule is O=S(=O)(CCN1CCCC1c1nc2ccccc2s1)Oc1ccccc1. The molecule has 1 unspecified atom stereocenters. The van der Waals surface area contributed by atoms with E-state index in [9.17, 15) is 8.42 Å². The Bertz CT molecular complexity index is 953. The van der Waals surface area contributed by atoms with Gasteiger partial charge in [0, 0.05) is 6.54 Å². The Labute approximate surface area is 157 Å². The van der Waals surface area contributed by atoms with Crippen LogP contribution in [0.25, 0.3) is 10.2 Å². The van der Waals surface area contributed by atoms with Crippen LogP contribution in [0, 0.1) is 0 Å². The molecule has 7 heteroatoms. The first kappa shape index (κ1) is 17.5. The molecule has 4 rings (SSSR count). The molecule has 1 saturated heterocycles. The standard InChI is InChI=1S/C19H20N2O3S2/c22-26(23,24-15-7-2-1-3-8-15)14-13-21-12-6-10-17(21)19-20-16-9-4-5-11-18(16)25-19/h1-5,7-9,11,17H,6,10,12-14H2. The molecule has 0 spiro atoms. The van der Waals surface area contributed by atoms with Crippen LogP contribution >= 0.6 is 11.3 Å². The van der Waals surface area contributed by atoms with E-state index >= 15 is 0 Å². The quantitative estimate of drug-likeness (QED) is 0.601. The van der Waals surface area contributed by atoms with E-state index in [0.29, 0.717) is 12.3 Å². The van der Waals surface area contributed by atoms with Crippen molar-refractivity contribution in [2.24, 2.45) is 0 Å². The fraction of sp³-hybridized carbons (Fsp3) is 0.316. The lowest BCUT2D eigenvalue weighted by Crippen LogP contribution is -2.30. The summed E-state index contributed by atoms with van der Waals surface area (Å²) in [5.41, 5.74) is 1.01. The molecule has 26 heavy (non-hydrogen) atoms. The van der Waals surface area contributed by atoms with Crippen molar-refractivity contribution in [1.82, 2.24) is 9.88 Å². The highest BCUT2D eigenvalue weighted by Gasteiger charge is 2.29. The van der Waals surface area contributed by atoms with Gasteiger partial charge in [-0.05, 0) is 43.7 Å². The number of thiazole rings is 1. The minimum absolute atomic E-state index is 0.0245. The van der Waals surface area contributed by atoms with Crippen LogP contribution in [0.3, 0.4) is 0 Å².